The van der Waals surface area contributed by atoms with Crippen LogP contribution in [0.4, 0.5) is 16.2 Å². The van der Waals surface area contributed by atoms with Gasteiger partial charge in [0.2, 0.25) is 0 Å². The number of aryl methyl sites for hydroxylation is 2. The number of nitrogens with one attached hydrogen (secondary N) is 2. The molecule has 0 fully saturated rings. The number of urea groups is 1. The lowest BCUT2D eigenvalue weighted by molar-refractivity contribution is 0.0698. The van der Waals surface area contributed by atoms with Crippen molar-refractivity contribution in [1.82, 2.24) is 0 Å². The van der Waals surface area contributed by atoms with Crippen molar-refractivity contribution in [2.24, 2.45) is 0 Å². The smallest absolute Gasteiger partial charge is 0.337 e. The van der Waals surface area contributed by atoms with Gasteiger partial charge in [0.15, 0.2) is 0 Å². The normalized spacial score (nSPS) is 10.1. The van der Waals surface area contributed by atoms with Gasteiger partial charge in [0.05, 0.1) is 11.3 Å². The summed E-state index contributed by atoms with van der Waals surface area (Å²) >= 11 is 5.78. The Morgan fingerprint density at radius 1 is 1.05 bits per heavy atom. The molecule has 114 valence electrons. The van der Waals surface area contributed by atoms with E-state index in [1.165, 1.54) is 18.2 Å². The second-order valence-electron chi connectivity index (χ2n) is 4.84. The molecule has 0 aromatic heterocycles. The van der Waals surface area contributed by atoms with Gasteiger partial charge in [-0.05, 0) is 43.2 Å². The van der Waals surface area contributed by atoms with Crippen LogP contribution in [0.5, 0.6) is 0 Å². The fourth-order valence-corrected chi connectivity index (χ4v) is 2.25. The first-order valence-corrected chi connectivity index (χ1v) is 6.93. The molecule has 3 N–H and O–H groups in total. The Bertz CT molecular complexity index is 724. The Morgan fingerprint density at radius 2 is 1.68 bits per heavy atom. The van der Waals surface area contributed by atoms with Crippen molar-refractivity contribution < 1.29 is 14.7 Å². The number of halogens is 1. The SMILES string of the molecule is Cc1cccc(C)c1NC(=O)Nc1ccc(Cl)cc1C(=O)O. The van der Waals surface area contributed by atoms with E-state index in [0.29, 0.717) is 5.69 Å². The molecule has 0 radical (unpaired) electrons. The van der Waals surface area contributed by atoms with E-state index in [1.807, 2.05) is 32.0 Å². The second-order valence-corrected chi connectivity index (χ2v) is 5.28. The van der Waals surface area contributed by atoms with E-state index < -0.39 is 12.0 Å². The minimum Gasteiger partial charge on any atom is -0.478 e. The lowest BCUT2D eigenvalue weighted by Gasteiger charge is -2.13. The number of benzene rings is 2. The summed E-state index contributed by atoms with van der Waals surface area (Å²) in [5, 5.41) is 14.7. The summed E-state index contributed by atoms with van der Waals surface area (Å²) in [5.41, 5.74) is 2.66. The van der Waals surface area contributed by atoms with Crippen molar-refractivity contribution in [3.8, 4) is 0 Å². The van der Waals surface area contributed by atoms with Crippen LogP contribution in [0.3, 0.4) is 0 Å². The molecule has 0 aliphatic carbocycles. The Kier molecular flexibility index (Phi) is 4.68. The monoisotopic (exact) mass is 318 g/mol. The predicted molar refractivity (Wildman–Crippen MR) is 87.0 cm³/mol. The first kappa shape index (κ1) is 15.9. The minimum atomic E-state index is -1.16. The van der Waals surface area contributed by atoms with E-state index in [1.54, 1.807) is 0 Å². The number of para-hydroxylation sites is 1. The van der Waals surface area contributed by atoms with E-state index in [-0.39, 0.29) is 16.3 Å². The molecule has 0 bridgehead atoms. The number of hydrogen-bond acceptors (Lipinski definition) is 2. The van der Waals surface area contributed by atoms with Gasteiger partial charge in [-0.2, -0.15) is 0 Å². The van der Waals surface area contributed by atoms with Crippen LogP contribution in [-0.4, -0.2) is 17.1 Å². The topological polar surface area (TPSA) is 78.4 Å². The van der Waals surface area contributed by atoms with E-state index in [2.05, 4.69) is 10.6 Å². The van der Waals surface area contributed by atoms with Gasteiger partial charge >= 0.3 is 12.0 Å². The summed E-state index contributed by atoms with van der Waals surface area (Å²) in [6.45, 7) is 3.77. The lowest BCUT2D eigenvalue weighted by Crippen LogP contribution is -2.22. The molecule has 5 nitrogen and oxygen atoms in total. The van der Waals surface area contributed by atoms with Crippen LogP contribution in [0.1, 0.15) is 21.5 Å². The van der Waals surface area contributed by atoms with E-state index in [9.17, 15) is 9.59 Å². The quantitative estimate of drug-likeness (QED) is 0.789. The molecular formula is C16H15ClN2O3. The van der Waals surface area contributed by atoms with Gasteiger partial charge in [0.25, 0.3) is 0 Å². The molecule has 2 amide bonds. The molecule has 2 aromatic carbocycles. The van der Waals surface area contributed by atoms with Gasteiger partial charge in [-0.1, -0.05) is 29.8 Å². The van der Waals surface area contributed by atoms with Gasteiger partial charge in [-0.15, -0.1) is 0 Å². The first-order chi connectivity index (χ1) is 10.4. The van der Waals surface area contributed by atoms with Crippen LogP contribution in [0.2, 0.25) is 5.02 Å². The highest BCUT2D eigenvalue weighted by Gasteiger charge is 2.14. The maximum Gasteiger partial charge on any atom is 0.337 e. The van der Waals surface area contributed by atoms with Gasteiger partial charge in [-0.25, -0.2) is 9.59 Å². The van der Waals surface area contributed by atoms with Crippen LogP contribution in [0, 0.1) is 13.8 Å². The van der Waals surface area contributed by atoms with Crippen LogP contribution in [-0.2, 0) is 0 Å². The molecule has 2 rings (SSSR count). The number of carbonyl (C=O) groups excluding carboxylic acids is 1. The molecule has 6 heteroatoms. The number of aromatic carboxylic acids is 1. The van der Waals surface area contributed by atoms with Crippen LogP contribution < -0.4 is 10.6 Å². The van der Waals surface area contributed by atoms with Gasteiger partial charge in [-0.3, -0.25) is 0 Å². The molecule has 0 spiro atoms. The summed E-state index contributed by atoms with van der Waals surface area (Å²) in [5.74, 6) is -1.16. The van der Waals surface area contributed by atoms with Crippen LogP contribution >= 0.6 is 11.6 Å². The van der Waals surface area contributed by atoms with Crippen molar-refractivity contribution in [2.75, 3.05) is 10.6 Å². The summed E-state index contributed by atoms with van der Waals surface area (Å²) in [6, 6.07) is 9.41. The molecule has 22 heavy (non-hydrogen) atoms. The van der Waals surface area contributed by atoms with Crippen molar-refractivity contribution in [3.05, 3.63) is 58.1 Å². The fourth-order valence-electron chi connectivity index (χ4n) is 2.08. The number of anilines is 2. The van der Waals surface area contributed by atoms with E-state index in [4.69, 9.17) is 16.7 Å². The number of hydrogen-bond donors (Lipinski definition) is 3. The lowest BCUT2D eigenvalue weighted by atomic mass is 10.1. The summed E-state index contributed by atoms with van der Waals surface area (Å²) in [4.78, 5) is 23.3. The molecule has 0 atom stereocenters. The molecule has 2 aromatic rings. The van der Waals surface area contributed by atoms with Crippen molar-refractivity contribution in [1.29, 1.82) is 0 Å². The fraction of sp³-hybridized carbons (Fsp3) is 0.125. The second kappa shape index (κ2) is 6.49. The molecule has 0 aliphatic heterocycles. The van der Waals surface area contributed by atoms with Crippen molar-refractivity contribution >= 4 is 35.0 Å². The molecule has 0 saturated carbocycles. The largest absolute Gasteiger partial charge is 0.478 e. The zero-order valence-corrected chi connectivity index (χ0v) is 12.9. The standard InChI is InChI=1S/C16H15ClN2O3/c1-9-4-3-5-10(2)14(9)19-16(22)18-13-7-6-11(17)8-12(13)15(20)21/h3-8H,1-2H3,(H,20,21)(H2,18,19,22). The van der Waals surface area contributed by atoms with E-state index in [0.717, 1.165) is 11.1 Å². The third kappa shape index (κ3) is 3.56. The maximum absolute atomic E-state index is 12.1. The molecule has 0 saturated heterocycles. The Morgan fingerprint density at radius 3 is 2.27 bits per heavy atom. The molecular weight excluding hydrogens is 304 g/mol. The first-order valence-electron chi connectivity index (χ1n) is 6.55. The highest BCUT2D eigenvalue weighted by molar-refractivity contribution is 6.31. The van der Waals surface area contributed by atoms with Crippen molar-refractivity contribution in [2.45, 2.75) is 13.8 Å². The third-order valence-corrected chi connectivity index (χ3v) is 3.41. The average molecular weight is 319 g/mol. The molecule has 0 aliphatic rings. The van der Waals surface area contributed by atoms with Gasteiger partial charge in [0, 0.05) is 10.7 Å². The van der Waals surface area contributed by atoms with Gasteiger partial charge in [0.1, 0.15) is 0 Å². The minimum absolute atomic E-state index is 0.0656. The Labute approximate surface area is 132 Å². The van der Waals surface area contributed by atoms with Crippen molar-refractivity contribution in [3.63, 3.8) is 0 Å². The zero-order valence-electron chi connectivity index (χ0n) is 12.1. The van der Waals surface area contributed by atoms with Gasteiger partial charge < -0.3 is 15.7 Å². The highest BCUT2D eigenvalue weighted by Crippen LogP contribution is 2.22. The Hall–Kier alpha value is -2.53. The Balaban J connectivity index is 2.21. The number of carbonyl (C=O) groups is 2. The average Bonchev–Trinajstić information content (AvgIpc) is 2.45. The van der Waals surface area contributed by atoms with Crippen LogP contribution in [0.15, 0.2) is 36.4 Å². The maximum atomic E-state index is 12.1. The highest BCUT2D eigenvalue weighted by atomic mass is 35.5. The number of rotatable bonds is 3. The molecule has 0 unspecified atom stereocenters. The zero-order chi connectivity index (χ0) is 16.3. The van der Waals surface area contributed by atoms with Crippen LogP contribution in [0.25, 0.3) is 0 Å². The molecule has 0 heterocycles. The summed E-state index contributed by atoms with van der Waals surface area (Å²) in [7, 11) is 0. The summed E-state index contributed by atoms with van der Waals surface area (Å²) in [6.07, 6.45) is 0. The predicted octanol–water partition coefficient (Wildman–Crippen LogP) is 4.30. The number of amides is 2. The number of carboxylic acids is 1. The summed E-state index contributed by atoms with van der Waals surface area (Å²) < 4.78 is 0. The van der Waals surface area contributed by atoms with E-state index >= 15 is 0 Å². The number of carboxylic acid groups (broad SMARTS) is 1. The third-order valence-electron chi connectivity index (χ3n) is 3.18.